The zero-order valence-electron chi connectivity index (χ0n) is 6.69. The summed E-state index contributed by atoms with van der Waals surface area (Å²) in [7, 11) is 0. The van der Waals surface area contributed by atoms with Gasteiger partial charge in [0.15, 0.2) is 5.69 Å². The van der Waals surface area contributed by atoms with Crippen LogP contribution in [0.2, 0.25) is 0 Å². The highest BCUT2D eigenvalue weighted by molar-refractivity contribution is 5.86. The van der Waals surface area contributed by atoms with Crippen LogP contribution in [0.25, 0.3) is 0 Å². The van der Waals surface area contributed by atoms with Gasteiger partial charge in [0.25, 0.3) is 0 Å². The Balaban J connectivity index is 2.46. The molecule has 5 nitrogen and oxygen atoms in total. The summed E-state index contributed by atoms with van der Waals surface area (Å²) in [4.78, 5) is 10.7. The number of hydrogen-bond donors (Lipinski definition) is 1. The van der Waals surface area contributed by atoms with Gasteiger partial charge in [-0.1, -0.05) is 5.21 Å². The molecular formula is C7H9N3O2. The highest BCUT2D eigenvalue weighted by Gasteiger charge is 2.30. The van der Waals surface area contributed by atoms with E-state index in [-0.39, 0.29) is 11.7 Å². The zero-order chi connectivity index (χ0) is 8.72. The van der Waals surface area contributed by atoms with E-state index in [1.165, 1.54) is 4.68 Å². The van der Waals surface area contributed by atoms with Crippen LogP contribution < -0.4 is 0 Å². The summed E-state index contributed by atoms with van der Waals surface area (Å²) in [5.74, 6) is -0.940. The van der Waals surface area contributed by atoms with Crippen LogP contribution in [0.1, 0.15) is 35.1 Å². The number of hydrogen-bond acceptors (Lipinski definition) is 3. The maximum Gasteiger partial charge on any atom is 0.356 e. The first kappa shape index (κ1) is 7.27. The van der Waals surface area contributed by atoms with E-state index in [9.17, 15) is 4.79 Å². The van der Waals surface area contributed by atoms with E-state index in [0.29, 0.717) is 5.69 Å². The van der Waals surface area contributed by atoms with Crippen molar-refractivity contribution >= 4 is 5.97 Å². The lowest BCUT2D eigenvalue weighted by Crippen LogP contribution is -2.09. The molecule has 1 fully saturated rings. The third-order valence-electron chi connectivity index (χ3n) is 1.96. The molecule has 64 valence electrons. The van der Waals surface area contributed by atoms with Crippen molar-refractivity contribution in [2.24, 2.45) is 0 Å². The molecule has 1 aliphatic carbocycles. The third-order valence-corrected chi connectivity index (χ3v) is 1.96. The largest absolute Gasteiger partial charge is 0.476 e. The molecule has 5 heteroatoms. The second-order valence-electron chi connectivity index (χ2n) is 3.00. The fraction of sp³-hybridized carbons (Fsp3) is 0.571. The summed E-state index contributed by atoms with van der Waals surface area (Å²) >= 11 is 0. The molecule has 12 heavy (non-hydrogen) atoms. The molecule has 0 amide bonds. The molecular weight excluding hydrogens is 158 g/mol. The molecule has 0 spiro atoms. The van der Waals surface area contributed by atoms with Gasteiger partial charge in [-0.05, 0) is 19.8 Å². The van der Waals surface area contributed by atoms with E-state index in [2.05, 4.69) is 10.3 Å². The van der Waals surface area contributed by atoms with Gasteiger partial charge in [-0.25, -0.2) is 9.48 Å². The lowest BCUT2D eigenvalue weighted by molar-refractivity contribution is 0.0682. The predicted octanol–water partition coefficient (Wildman–Crippen LogP) is 0.620. The molecule has 1 saturated carbocycles. The summed E-state index contributed by atoms with van der Waals surface area (Å²) in [6.45, 7) is 1.66. The highest BCUT2D eigenvalue weighted by atomic mass is 16.4. The number of aromatic nitrogens is 3. The smallest absolute Gasteiger partial charge is 0.356 e. The van der Waals surface area contributed by atoms with Crippen molar-refractivity contribution in [1.29, 1.82) is 0 Å². The Morgan fingerprint density at radius 3 is 2.83 bits per heavy atom. The standard InChI is InChI=1S/C7H9N3O2/c1-4-6(7(11)12)10(9-8-4)5-2-3-5/h5H,2-3H2,1H3,(H,11,12). The van der Waals surface area contributed by atoms with Gasteiger partial charge in [0.1, 0.15) is 0 Å². The number of carbonyl (C=O) groups is 1. The van der Waals surface area contributed by atoms with Gasteiger partial charge in [0.2, 0.25) is 0 Å². The minimum Gasteiger partial charge on any atom is -0.476 e. The fourth-order valence-electron chi connectivity index (χ4n) is 1.20. The minimum atomic E-state index is -0.940. The molecule has 0 bridgehead atoms. The van der Waals surface area contributed by atoms with Crippen LogP contribution in [0.15, 0.2) is 0 Å². The van der Waals surface area contributed by atoms with E-state index in [1.807, 2.05) is 0 Å². The van der Waals surface area contributed by atoms with Gasteiger partial charge in [-0.2, -0.15) is 0 Å². The van der Waals surface area contributed by atoms with Gasteiger partial charge in [0.05, 0.1) is 11.7 Å². The molecule has 1 aromatic heterocycles. The second kappa shape index (κ2) is 2.30. The molecule has 1 heterocycles. The zero-order valence-corrected chi connectivity index (χ0v) is 6.69. The Morgan fingerprint density at radius 2 is 2.33 bits per heavy atom. The van der Waals surface area contributed by atoms with Crippen LogP contribution in [0, 0.1) is 6.92 Å². The highest BCUT2D eigenvalue weighted by Crippen LogP contribution is 2.35. The molecule has 0 saturated heterocycles. The average molecular weight is 167 g/mol. The van der Waals surface area contributed by atoms with Gasteiger partial charge >= 0.3 is 5.97 Å². The molecule has 1 aromatic rings. The summed E-state index contributed by atoms with van der Waals surface area (Å²) in [5.41, 5.74) is 0.729. The van der Waals surface area contributed by atoms with Crippen molar-refractivity contribution in [3.05, 3.63) is 11.4 Å². The molecule has 1 aliphatic rings. The molecule has 0 unspecified atom stereocenters. The molecule has 0 atom stereocenters. The van der Waals surface area contributed by atoms with Gasteiger partial charge in [-0.15, -0.1) is 5.10 Å². The Morgan fingerprint density at radius 1 is 1.67 bits per heavy atom. The summed E-state index contributed by atoms with van der Waals surface area (Å²) in [6, 6.07) is 0.275. The van der Waals surface area contributed by atoms with Crippen molar-refractivity contribution in [3.63, 3.8) is 0 Å². The van der Waals surface area contributed by atoms with Gasteiger partial charge < -0.3 is 5.11 Å². The number of aryl methyl sites for hydroxylation is 1. The van der Waals surface area contributed by atoms with Crippen molar-refractivity contribution < 1.29 is 9.90 Å². The van der Waals surface area contributed by atoms with Crippen LogP contribution in [-0.2, 0) is 0 Å². The number of carboxylic acids is 1. The van der Waals surface area contributed by atoms with Crippen molar-refractivity contribution in [2.75, 3.05) is 0 Å². The lowest BCUT2D eigenvalue weighted by atomic mass is 10.3. The van der Waals surface area contributed by atoms with Crippen LogP contribution in [0.3, 0.4) is 0 Å². The minimum absolute atomic E-state index is 0.234. The number of aromatic carboxylic acids is 1. The first-order valence-corrected chi connectivity index (χ1v) is 3.85. The normalized spacial score (nSPS) is 16.4. The predicted molar refractivity (Wildman–Crippen MR) is 40.0 cm³/mol. The van der Waals surface area contributed by atoms with Gasteiger partial charge in [-0.3, -0.25) is 0 Å². The molecule has 0 aromatic carbocycles. The maximum atomic E-state index is 10.7. The van der Waals surface area contributed by atoms with Gasteiger partial charge in [0, 0.05) is 0 Å². The van der Waals surface area contributed by atoms with Crippen molar-refractivity contribution in [2.45, 2.75) is 25.8 Å². The molecule has 1 N–H and O–H groups in total. The maximum absolute atomic E-state index is 10.7. The monoisotopic (exact) mass is 167 g/mol. The molecule has 0 radical (unpaired) electrons. The topological polar surface area (TPSA) is 68.0 Å². The SMILES string of the molecule is Cc1nnn(C2CC2)c1C(=O)O. The average Bonchev–Trinajstić information content (AvgIpc) is 2.75. The Kier molecular flexibility index (Phi) is 1.39. The quantitative estimate of drug-likeness (QED) is 0.701. The molecule has 0 aliphatic heterocycles. The van der Waals surface area contributed by atoms with E-state index >= 15 is 0 Å². The fourth-order valence-corrected chi connectivity index (χ4v) is 1.20. The lowest BCUT2D eigenvalue weighted by Gasteiger charge is -1.98. The summed E-state index contributed by atoms with van der Waals surface area (Å²) in [6.07, 6.45) is 2.03. The molecule has 2 rings (SSSR count). The Hall–Kier alpha value is -1.39. The van der Waals surface area contributed by atoms with E-state index in [0.717, 1.165) is 12.8 Å². The summed E-state index contributed by atoms with van der Waals surface area (Å²) in [5, 5.41) is 16.3. The van der Waals surface area contributed by atoms with Crippen LogP contribution >= 0.6 is 0 Å². The number of carboxylic acid groups (broad SMARTS) is 1. The van der Waals surface area contributed by atoms with Crippen LogP contribution in [-0.4, -0.2) is 26.1 Å². The van der Waals surface area contributed by atoms with E-state index < -0.39 is 5.97 Å². The third kappa shape index (κ3) is 0.975. The van der Waals surface area contributed by atoms with E-state index in [1.54, 1.807) is 6.92 Å². The second-order valence-corrected chi connectivity index (χ2v) is 3.00. The first-order chi connectivity index (χ1) is 5.70. The van der Waals surface area contributed by atoms with Crippen LogP contribution in [0.4, 0.5) is 0 Å². The van der Waals surface area contributed by atoms with Crippen molar-refractivity contribution in [1.82, 2.24) is 15.0 Å². The number of rotatable bonds is 2. The van der Waals surface area contributed by atoms with Crippen LogP contribution in [0.5, 0.6) is 0 Å². The Bertz CT molecular complexity index is 327. The van der Waals surface area contributed by atoms with E-state index in [4.69, 9.17) is 5.11 Å². The Labute approximate surface area is 69.0 Å². The first-order valence-electron chi connectivity index (χ1n) is 3.85. The van der Waals surface area contributed by atoms with Crippen molar-refractivity contribution in [3.8, 4) is 0 Å². The number of nitrogens with zero attached hydrogens (tertiary/aromatic N) is 3. The summed E-state index contributed by atoms with van der Waals surface area (Å²) < 4.78 is 1.51.